The molecule has 1 atom stereocenters. The smallest absolute Gasteiger partial charge is 0.0265 e. The molecule has 0 unspecified atom stereocenters. The van der Waals surface area contributed by atoms with E-state index in [0.717, 1.165) is 23.9 Å². The van der Waals surface area contributed by atoms with Gasteiger partial charge in [-0.15, -0.1) is 0 Å². The molecule has 1 aliphatic carbocycles. The van der Waals surface area contributed by atoms with Crippen molar-refractivity contribution < 1.29 is 0 Å². The second-order valence-corrected chi connectivity index (χ2v) is 3.99. The van der Waals surface area contributed by atoms with Gasteiger partial charge in [0.25, 0.3) is 0 Å². The quantitative estimate of drug-likeness (QED) is 0.565. The lowest BCUT2D eigenvalue weighted by Gasteiger charge is -2.49. The Labute approximate surface area is 62.4 Å². The van der Waals surface area contributed by atoms with E-state index in [1.807, 2.05) is 0 Å². The highest BCUT2D eigenvalue weighted by atomic mass is 15.4. The molecule has 10 heavy (non-hydrogen) atoms. The average molecular weight is 140 g/mol. The molecule has 3 rings (SSSR count). The predicted octanol–water partition coefficient (Wildman–Crippen LogP) is 0.897. The van der Waals surface area contributed by atoms with E-state index >= 15 is 0 Å². The van der Waals surface area contributed by atoms with E-state index in [1.54, 1.807) is 0 Å². The lowest BCUT2D eigenvalue weighted by molar-refractivity contribution is 0.0551. The highest BCUT2D eigenvalue weighted by Gasteiger charge is 2.40. The summed E-state index contributed by atoms with van der Waals surface area (Å²) in [4.78, 5) is 0. The monoisotopic (exact) mass is 140 g/mol. The van der Waals surface area contributed by atoms with Gasteiger partial charge in [-0.25, -0.2) is 0 Å². The van der Waals surface area contributed by atoms with E-state index in [0.29, 0.717) is 0 Å². The van der Waals surface area contributed by atoms with E-state index in [-0.39, 0.29) is 0 Å². The van der Waals surface area contributed by atoms with Gasteiger partial charge in [0.15, 0.2) is 0 Å². The van der Waals surface area contributed by atoms with Gasteiger partial charge in [0.2, 0.25) is 0 Å². The lowest BCUT2D eigenvalue weighted by atomic mass is 9.71. The molecule has 0 amide bonds. The second-order valence-electron chi connectivity index (χ2n) is 3.99. The number of rotatable bonds is 1. The van der Waals surface area contributed by atoms with Crippen LogP contribution in [0, 0.1) is 11.8 Å². The fraction of sp³-hybridized carbons (Fsp3) is 1.00. The summed E-state index contributed by atoms with van der Waals surface area (Å²) in [5.41, 5.74) is 6.70. The standard InChI is InChI=1S/C8H16N2/c1-5(2)8-6-3-7(4-6)9-10-8/h5-10H,3-4H2,1-2H3/t6?,7?,8-/m1/s1. The summed E-state index contributed by atoms with van der Waals surface area (Å²) in [6.07, 6.45) is 2.80. The fourth-order valence-corrected chi connectivity index (χ4v) is 2.12. The fourth-order valence-electron chi connectivity index (χ4n) is 2.12. The minimum Gasteiger partial charge on any atom is -0.254 e. The van der Waals surface area contributed by atoms with Crippen molar-refractivity contribution in [2.24, 2.45) is 11.8 Å². The molecular formula is C8H16N2. The van der Waals surface area contributed by atoms with E-state index < -0.39 is 0 Å². The molecule has 0 aromatic carbocycles. The summed E-state index contributed by atoms with van der Waals surface area (Å²) in [6, 6.07) is 1.52. The summed E-state index contributed by atoms with van der Waals surface area (Å²) >= 11 is 0. The van der Waals surface area contributed by atoms with E-state index in [2.05, 4.69) is 24.7 Å². The topological polar surface area (TPSA) is 24.1 Å². The highest BCUT2D eigenvalue weighted by molar-refractivity contribution is 4.96. The zero-order chi connectivity index (χ0) is 7.14. The van der Waals surface area contributed by atoms with Crippen molar-refractivity contribution in [3.63, 3.8) is 0 Å². The third kappa shape index (κ3) is 0.867. The first-order chi connectivity index (χ1) is 4.77. The van der Waals surface area contributed by atoms with Crippen LogP contribution in [0.5, 0.6) is 0 Å². The number of hydrazine groups is 1. The van der Waals surface area contributed by atoms with Crippen LogP contribution in [0.2, 0.25) is 0 Å². The Bertz CT molecular complexity index is 124. The number of hydrogen-bond acceptors (Lipinski definition) is 2. The SMILES string of the molecule is CC(C)[C@H]1NNC2CC1C2. The molecule has 0 aromatic heterocycles. The molecule has 0 aromatic rings. The summed E-state index contributed by atoms with van der Waals surface area (Å²) in [5, 5.41) is 0. The van der Waals surface area contributed by atoms with Crippen molar-refractivity contribution in [3.05, 3.63) is 0 Å². The van der Waals surface area contributed by atoms with Crippen molar-refractivity contribution in [2.45, 2.75) is 38.8 Å². The first-order valence-electron chi connectivity index (χ1n) is 4.28. The van der Waals surface area contributed by atoms with Gasteiger partial charge in [-0.3, -0.25) is 10.9 Å². The Morgan fingerprint density at radius 1 is 1.20 bits per heavy atom. The maximum Gasteiger partial charge on any atom is 0.0265 e. The van der Waals surface area contributed by atoms with Crippen LogP contribution in [0.15, 0.2) is 0 Å². The molecule has 3 fully saturated rings. The molecule has 2 bridgehead atoms. The summed E-state index contributed by atoms with van der Waals surface area (Å²) < 4.78 is 0. The van der Waals surface area contributed by atoms with Crippen molar-refractivity contribution in [1.29, 1.82) is 0 Å². The molecule has 3 aliphatic rings. The van der Waals surface area contributed by atoms with Gasteiger partial charge in [-0.2, -0.15) is 0 Å². The molecule has 2 nitrogen and oxygen atoms in total. The van der Waals surface area contributed by atoms with Gasteiger partial charge >= 0.3 is 0 Å². The van der Waals surface area contributed by atoms with E-state index in [1.165, 1.54) is 12.8 Å². The van der Waals surface area contributed by atoms with Gasteiger partial charge in [-0.05, 0) is 24.7 Å². The minimum absolute atomic E-state index is 0.727. The molecule has 1 saturated carbocycles. The highest BCUT2D eigenvalue weighted by Crippen LogP contribution is 2.35. The molecule has 0 radical (unpaired) electrons. The number of fused-ring (bicyclic) bond motifs is 2. The summed E-state index contributed by atoms with van der Waals surface area (Å²) in [7, 11) is 0. The molecule has 2 heteroatoms. The van der Waals surface area contributed by atoms with Crippen molar-refractivity contribution >= 4 is 0 Å². The van der Waals surface area contributed by atoms with Crippen LogP contribution in [0.3, 0.4) is 0 Å². The van der Waals surface area contributed by atoms with Crippen LogP contribution in [-0.2, 0) is 0 Å². The zero-order valence-electron chi connectivity index (χ0n) is 6.72. The third-order valence-electron chi connectivity index (χ3n) is 2.85. The number of nitrogens with one attached hydrogen (secondary N) is 2. The largest absolute Gasteiger partial charge is 0.254 e. The lowest BCUT2D eigenvalue weighted by Crippen LogP contribution is -2.65. The molecule has 2 heterocycles. The molecule has 2 aliphatic heterocycles. The summed E-state index contributed by atoms with van der Waals surface area (Å²) in [6.45, 7) is 4.58. The van der Waals surface area contributed by atoms with Gasteiger partial charge in [0.05, 0.1) is 0 Å². The Kier molecular flexibility index (Phi) is 1.46. The van der Waals surface area contributed by atoms with Crippen LogP contribution >= 0.6 is 0 Å². The van der Waals surface area contributed by atoms with Gasteiger partial charge in [-0.1, -0.05) is 13.8 Å². The normalized spacial score (nSPS) is 45.3. The molecule has 2 saturated heterocycles. The Hall–Kier alpha value is -0.0800. The predicted molar refractivity (Wildman–Crippen MR) is 41.4 cm³/mol. The van der Waals surface area contributed by atoms with Crippen LogP contribution in [-0.4, -0.2) is 12.1 Å². The summed E-state index contributed by atoms with van der Waals surface area (Å²) in [5.74, 6) is 1.74. The van der Waals surface area contributed by atoms with Crippen molar-refractivity contribution in [1.82, 2.24) is 10.9 Å². The van der Waals surface area contributed by atoms with Crippen LogP contribution < -0.4 is 10.9 Å². The third-order valence-corrected chi connectivity index (χ3v) is 2.85. The zero-order valence-corrected chi connectivity index (χ0v) is 6.72. The minimum atomic E-state index is 0.727. The average Bonchev–Trinajstić information content (AvgIpc) is 1.86. The van der Waals surface area contributed by atoms with E-state index in [9.17, 15) is 0 Å². The van der Waals surface area contributed by atoms with Crippen LogP contribution in [0.4, 0.5) is 0 Å². The Morgan fingerprint density at radius 3 is 2.20 bits per heavy atom. The molecule has 58 valence electrons. The maximum absolute atomic E-state index is 3.37. The maximum atomic E-state index is 3.37. The number of hydrogen-bond donors (Lipinski definition) is 2. The molecular weight excluding hydrogens is 124 g/mol. The first kappa shape index (κ1) is 6.62. The first-order valence-corrected chi connectivity index (χ1v) is 4.28. The second kappa shape index (κ2) is 2.21. The molecule has 0 spiro atoms. The van der Waals surface area contributed by atoms with Crippen LogP contribution in [0.25, 0.3) is 0 Å². The van der Waals surface area contributed by atoms with Crippen molar-refractivity contribution in [2.75, 3.05) is 0 Å². The Balaban J connectivity index is 1.96. The van der Waals surface area contributed by atoms with Gasteiger partial charge in [0, 0.05) is 12.1 Å². The van der Waals surface area contributed by atoms with Crippen molar-refractivity contribution in [3.8, 4) is 0 Å². The molecule has 2 N–H and O–H groups in total. The van der Waals surface area contributed by atoms with Crippen LogP contribution in [0.1, 0.15) is 26.7 Å². The van der Waals surface area contributed by atoms with Gasteiger partial charge < -0.3 is 0 Å². The van der Waals surface area contributed by atoms with Gasteiger partial charge in [0.1, 0.15) is 0 Å². The van der Waals surface area contributed by atoms with E-state index in [4.69, 9.17) is 0 Å². The Morgan fingerprint density at radius 2 is 1.90 bits per heavy atom.